The van der Waals surface area contributed by atoms with Crippen molar-refractivity contribution in [3.63, 3.8) is 0 Å². The lowest BCUT2D eigenvalue weighted by atomic mass is 10.1. The maximum atomic E-state index is 11.7. The van der Waals surface area contributed by atoms with Crippen molar-refractivity contribution in [1.82, 2.24) is 10.6 Å². The van der Waals surface area contributed by atoms with Crippen molar-refractivity contribution in [1.29, 1.82) is 0 Å². The Hall–Kier alpha value is -1.49. The van der Waals surface area contributed by atoms with E-state index in [2.05, 4.69) is 28.8 Å². The summed E-state index contributed by atoms with van der Waals surface area (Å²) < 4.78 is 0. The molecule has 4 nitrogen and oxygen atoms in total. The highest BCUT2D eigenvalue weighted by Gasteiger charge is 2.23. The summed E-state index contributed by atoms with van der Waals surface area (Å²) in [5.41, 5.74) is 2.87. The molecule has 0 unspecified atom stereocenters. The molecule has 0 atom stereocenters. The van der Waals surface area contributed by atoms with Crippen molar-refractivity contribution >= 4 is 23.6 Å². The highest BCUT2D eigenvalue weighted by atomic mass is 32.2. The van der Waals surface area contributed by atoms with Crippen molar-refractivity contribution in [3.05, 3.63) is 29.3 Å². The second kappa shape index (κ2) is 6.52. The van der Waals surface area contributed by atoms with Crippen LogP contribution in [-0.4, -0.2) is 30.2 Å². The smallest absolute Gasteiger partial charge is 0.239 e. The van der Waals surface area contributed by atoms with E-state index in [1.54, 1.807) is 0 Å². The summed E-state index contributed by atoms with van der Waals surface area (Å²) in [4.78, 5) is 24.3. The number of fused-ring (bicyclic) bond motifs is 1. The number of aryl methyl sites for hydroxylation is 2. The quantitative estimate of drug-likeness (QED) is 0.786. The van der Waals surface area contributed by atoms with E-state index in [9.17, 15) is 9.59 Å². The zero-order valence-electron chi connectivity index (χ0n) is 12.0. The van der Waals surface area contributed by atoms with E-state index in [4.69, 9.17) is 0 Å². The van der Waals surface area contributed by atoms with Gasteiger partial charge in [0, 0.05) is 10.9 Å². The van der Waals surface area contributed by atoms with Gasteiger partial charge in [0.2, 0.25) is 11.8 Å². The van der Waals surface area contributed by atoms with Gasteiger partial charge in [-0.3, -0.25) is 9.59 Å². The summed E-state index contributed by atoms with van der Waals surface area (Å²) in [6.45, 7) is 0.0834. The monoisotopic (exact) mass is 304 g/mol. The van der Waals surface area contributed by atoms with Crippen LogP contribution >= 0.6 is 11.8 Å². The molecule has 2 aliphatic rings. The summed E-state index contributed by atoms with van der Waals surface area (Å²) in [6, 6.07) is 6.79. The van der Waals surface area contributed by atoms with Crippen molar-refractivity contribution in [2.24, 2.45) is 0 Å². The minimum atomic E-state index is -0.0913. The second-order valence-electron chi connectivity index (χ2n) is 5.69. The largest absolute Gasteiger partial charge is 0.352 e. The van der Waals surface area contributed by atoms with Gasteiger partial charge in [0.15, 0.2) is 0 Å². The lowest BCUT2D eigenvalue weighted by Crippen LogP contribution is -2.38. The molecule has 2 N–H and O–H groups in total. The molecule has 1 fully saturated rings. The Morgan fingerprint density at radius 2 is 1.95 bits per heavy atom. The molecule has 0 saturated heterocycles. The van der Waals surface area contributed by atoms with Crippen LogP contribution in [0.1, 0.15) is 30.4 Å². The van der Waals surface area contributed by atoms with Crippen LogP contribution in [0.4, 0.5) is 0 Å². The maximum Gasteiger partial charge on any atom is 0.239 e. The fourth-order valence-electron chi connectivity index (χ4n) is 2.52. The van der Waals surface area contributed by atoms with Crippen LogP contribution in [0.5, 0.6) is 0 Å². The van der Waals surface area contributed by atoms with E-state index in [0.717, 1.165) is 24.2 Å². The first kappa shape index (κ1) is 14.4. The number of hydrogen-bond donors (Lipinski definition) is 2. The van der Waals surface area contributed by atoms with Crippen LogP contribution in [-0.2, 0) is 22.4 Å². The third-order valence-corrected chi connectivity index (χ3v) is 4.82. The molecule has 112 valence electrons. The molecular weight excluding hydrogens is 284 g/mol. The van der Waals surface area contributed by atoms with Gasteiger partial charge in [0.1, 0.15) is 0 Å². The van der Waals surface area contributed by atoms with Gasteiger partial charge in [0.25, 0.3) is 0 Å². The van der Waals surface area contributed by atoms with Gasteiger partial charge < -0.3 is 10.6 Å². The van der Waals surface area contributed by atoms with Gasteiger partial charge >= 0.3 is 0 Å². The van der Waals surface area contributed by atoms with E-state index in [1.807, 2.05) is 0 Å². The summed E-state index contributed by atoms with van der Waals surface area (Å²) >= 11 is 1.53. The van der Waals surface area contributed by atoms with E-state index < -0.39 is 0 Å². The first-order chi connectivity index (χ1) is 10.2. The highest BCUT2D eigenvalue weighted by molar-refractivity contribution is 8.00. The Bertz CT molecular complexity index is 555. The summed E-state index contributed by atoms with van der Waals surface area (Å²) in [6.07, 6.45) is 5.69. The number of thioether (sulfide) groups is 1. The summed E-state index contributed by atoms with van der Waals surface area (Å²) in [5, 5.41) is 5.52. The summed E-state index contributed by atoms with van der Waals surface area (Å²) in [5.74, 6) is 0.176. The molecule has 5 heteroatoms. The third kappa shape index (κ3) is 4.24. The van der Waals surface area contributed by atoms with Gasteiger partial charge in [-0.2, -0.15) is 0 Å². The molecule has 0 aromatic heterocycles. The molecule has 2 aliphatic carbocycles. The van der Waals surface area contributed by atoms with Crippen LogP contribution in [0, 0.1) is 0 Å². The second-order valence-corrected chi connectivity index (χ2v) is 6.74. The molecule has 1 aromatic rings. The average Bonchev–Trinajstić information content (AvgIpc) is 3.16. The maximum absolute atomic E-state index is 11.7. The standard InChI is InChI=1S/C16H20N2O2S/c19-15(18-13-5-6-13)9-17-16(20)10-21-14-7-4-11-2-1-3-12(11)8-14/h4,7-8,13H,1-3,5-6,9-10H2,(H,17,20)(H,18,19). The van der Waals surface area contributed by atoms with E-state index in [-0.39, 0.29) is 18.4 Å². The Kier molecular flexibility index (Phi) is 4.48. The number of rotatable bonds is 6. The molecule has 1 saturated carbocycles. The van der Waals surface area contributed by atoms with Crippen LogP contribution in [0.25, 0.3) is 0 Å². The lowest BCUT2D eigenvalue weighted by Gasteiger charge is -2.07. The van der Waals surface area contributed by atoms with Crippen molar-refractivity contribution < 1.29 is 9.59 Å². The number of carbonyl (C=O) groups excluding carboxylic acids is 2. The Balaban J connectivity index is 1.39. The predicted molar refractivity (Wildman–Crippen MR) is 83.4 cm³/mol. The number of hydrogen-bond acceptors (Lipinski definition) is 3. The SMILES string of the molecule is O=C(CSc1ccc2c(c1)CCC2)NCC(=O)NC1CC1. The molecule has 3 rings (SSSR count). The molecule has 0 aliphatic heterocycles. The van der Waals surface area contributed by atoms with E-state index >= 15 is 0 Å². The third-order valence-electron chi connectivity index (χ3n) is 3.83. The van der Waals surface area contributed by atoms with Crippen LogP contribution < -0.4 is 10.6 Å². The predicted octanol–water partition coefficient (Wildman–Crippen LogP) is 1.66. The Morgan fingerprint density at radius 1 is 1.14 bits per heavy atom. The minimum Gasteiger partial charge on any atom is -0.352 e. The van der Waals surface area contributed by atoms with Gasteiger partial charge in [-0.05, 0) is 55.4 Å². The van der Waals surface area contributed by atoms with Gasteiger partial charge in [0.05, 0.1) is 12.3 Å². The zero-order valence-corrected chi connectivity index (χ0v) is 12.8. The number of amides is 2. The van der Waals surface area contributed by atoms with Crippen LogP contribution in [0.15, 0.2) is 23.1 Å². The topological polar surface area (TPSA) is 58.2 Å². The Labute approximate surface area is 129 Å². The van der Waals surface area contributed by atoms with Crippen molar-refractivity contribution in [2.45, 2.75) is 43.0 Å². The molecule has 2 amide bonds. The zero-order chi connectivity index (χ0) is 14.7. The average molecular weight is 304 g/mol. The van der Waals surface area contributed by atoms with Gasteiger partial charge in [-0.1, -0.05) is 6.07 Å². The normalized spacial score (nSPS) is 16.4. The minimum absolute atomic E-state index is 0.0834. The van der Waals surface area contributed by atoms with E-state index in [1.165, 1.54) is 35.7 Å². The summed E-state index contributed by atoms with van der Waals surface area (Å²) in [7, 11) is 0. The molecule has 1 aromatic carbocycles. The first-order valence-electron chi connectivity index (χ1n) is 7.51. The fourth-order valence-corrected chi connectivity index (χ4v) is 3.31. The molecular formula is C16H20N2O2S. The lowest BCUT2D eigenvalue weighted by molar-refractivity contribution is -0.124. The van der Waals surface area contributed by atoms with Crippen molar-refractivity contribution in [2.75, 3.05) is 12.3 Å². The Morgan fingerprint density at radius 3 is 2.76 bits per heavy atom. The van der Waals surface area contributed by atoms with Gasteiger partial charge in [-0.15, -0.1) is 11.8 Å². The van der Waals surface area contributed by atoms with Crippen LogP contribution in [0.2, 0.25) is 0 Å². The number of carbonyl (C=O) groups is 2. The molecule has 0 spiro atoms. The molecule has 0 radical (unpaired) electrons. The van der Waals surface area contributed by atoms with E-state index in [0.29, 0.717) is 11.8 Å². The van der Waals surface area contributed by atoms with Gasteiger partial charge in [-0.25, -0.2) is 0 Å². The molecule has 21 heavy (non-hydrogen) atoms. The van der Waals surface area contributed by atoms with Crippen LogP contribution in [0.3, 0.4) is 0 Å². The number of benzene rings is 1. The molecule has 0 heterocycles. The molecule has 0 bridgehead atoms. The van der Waals surface area contributed by atoms with Crippen molar-refractivity contribution in [3.8, 4) is 0 Å². The number of nitrogens with one attached hydrogen (secondary N) is 2. The highest BCUT2D eigenvalue weighted by Crippen LogP contribution is 2.27. The first-order valence-corrected chi connectivity index (χ1v) is 8.50. The fraction of sp³-hybridized carbons (Fsp3) is 0.500.